The first-order chi connectivity index (χ1) is 12.8. The summed E-state index contributed by atoms with van der Waals surface area (Å²) in [6.07, 6.45) is 3.09. The van der Waals surface area contributed by atoms with Crippen LogP contribution in [-0.2, 0) is 6.54 Å². The molecule has 130 valence electrons. The molecule has 1 saturated heterocycles. The highest BCUT2D eigenvalue weighted by atomic mass is 32.1. The SMILES string of the molecule is O=C(c1cc(Cn2ccc3ccccc32)[nH]n1)N1CCC1c1cccs1. The molecule has 4 aromatic rings. The standard InChI is InChI=1S/C20H18N4OS/c25-20(24-10-8-18(24)19-6-3-11-26-19)16-12-15(21-22-16)13-23-9-7-14-4-1-2-5-17(14)23/h1-7,9,11-12,18H,8,10,13H2,(H,21,22). The maximum Gasteiger partial charge on any atom is 0.274 e. The third-order valence-corrected chi connectivity index (χ3v) is 6.00. The molecule has 1 amide bonds. The van der Waals surface area contributed by atoms with Crippen LogP contribution in [0.25, 0.3) is 10.9 Å². The lowest BCUT2D eigenvalue weighted by molar-refractivity contribution is 0.0461. The highest BCUT2D eigenvalue weighted by Gasteiger charge is 2.35. The number of para-hydroxylation sites is 1. The topological polar surface area (TPSA) is 53.9 Å². The minimum Gasteiger partial charge on any atom is -0.341 e. The van der Waals surface area contributed by atoms with E-state index in [1.165, 1.54) is 15.8 Å². The number of amides is 1. The summed E-state index contributed by atoms with van der Waals surface area (Å²) in [6, 6.07) is 16.6. The minimum atomic E-state index is 0.00881. The number of thiophene rings is 1. The van der Waals surface area contributed by atoms with E-state index in [9.17, 15) is 4.79 Å². The normalized spacial score (nSPS) is 16.8. The van der Waals surface area contributed by atoms with Crippen molar-refractivity contribution in [2.75, 3.05) is 6.54 Å². The van der Waals surface area contributed by atoms with Gasteiger partial charge in [-0.05, 0) is 41.5 Å². The third kappa shape index (κ3) is 2.54. The fourth-order valence-corrected chi connectivity index (χ4v) is 4.44. The molecule has 6 heteroatoms. The van der Waals surface area contributed by atoms with E-state index in [0.29, 0.717) is 12.2 Å². The Kier molecular flexibility index (Phi) is 3.64. The minimum absolute atomic E-state index is 0.00881. The van der Waals surface area contributed by atoms with Crippen molar-refractivity contribution >= 4 is 28.1 Å². The van der Waals surface area contributed by atoms with E-state index in [1.807, 2.05) is 29.2 Å². The van der Waals surface area contributed by atoms with Crippen LogP contribution in [0.4, 0.5) is 0 Å². The van der Waals surface area contributed by atoms with Gasteiger partial charge in [0, 0.05) is 23.1 Å². The lowest BCUT2D eigenvalue weighted by atomic mass is 10.0. The van der Waals surface area contributed by atoms with E-state index in [-0.39, 0.29) is 11.9 Å². The van der Waals surface area contributed by atoms with E-state index >= 15 is 0 Å². The van der Waals surface area contributed by atoms with Crippen molar-refractivity contribution in [3.8, 4) is 0 Å². The first-order valence-corrected chi connectivity index (χ1v) is 9.60. The molecule has 1 aromatic carbocycles. The number of benzene rings is 1. The summed E-state index contributed by atoms with van der Waals surface area (Å²) in [7, 11) is 0. The molecule has 1 fully saturated rings. The summed E-state index contributed by atoms with van der Waals surface area (Å²) in [4.78, 5) is 16.0. The number of nitrogens with one attached hydrogen (secondary N) is 1. The molecule has 4 heterocycles. The summed E-state index contributed by atoms with van der Waals surface area (Å²) in [5, 5.41) is 10.6. The van der Waals surface area contributed by atoms with E-state index < -0.39 is 0 Å². The van der Waals surface area contributed by atoms with Crippen molar-refractivity contribution in [2.45, 2.75) is 19.0 Å². The molecule has 0 bridgehead atoms. The predicted octanol–water partition coefficient (Wildman–Crippen LogP) is 4.06. The molecule has 1 aliphatic heterocycles. The van der Waals surface area contributed by atoms with Gasteiger partial charge in [-0.2, -0.15) is 5.10 Å². The van der Waals surface area contributed by atoms with Crippen LogP contribution in [-0.4, -0.2) is 32.1 Å². The molecule has 1 atom stereocenters. The zero-order chi connectivity index (χ0) is 17.5. The van der Waals surface area contributed by atoms with Gasteiger partial charge in [0.05, 0.1) is 18.3 Å². The second-order valence-corrected chi connectivity index (χ2v) is 7.58. The number of H-pyrrole nitrogens is 1. The van der Waals surface area contributed by atoms with Crippen LogP contribution in [0.5, 0.6) is 0 Å². The van der Waals surface area contributed by atoms with Crippen LogP contribution in [0, 0.1) is 0 Å². The van der Waals surface area contributed by atoms with Gasteiger partial charge in [0.15, 0.2) is 0 Å². The molecule has 1 unspecified atom stereocenters. The highest BCUT2D eigenvalue weighted by Crippen LogP contribution is 2.36. The summed E-state index contributed by atoms with van der Waals surface area (Å²) >= 11 is 1.71. The summed E-state index contributed by atoms with van der Waals surface area (Å²) in [5.41, 5.74) is 2.61. The average Bonchev–Trinajstić information content (AvgIpc) is 3.36. The number of fused-ring (bicyclic) bond motifs is 1. The molecular formula is C20H18N4OS. The number of likely N-dealkylation sites (tertiary alicyclic amines) is 1. The zero-order valence-electron chi connectivity index (χ0n) is 14.1. The smallest absolute Gasteiger partial charge is 0.274 e. The first-order valence-electron chi connectivity index (χ1n) is 8.72. The molecule has 5 rings (SSSR count). The van der Waals surface area contributed by atoms with Crippen LogP contribution in [0.15, 0.2) is 60.1 Å². The monoisotopic (exact) mass is 362 g/mol. The van der Waals surface area contributed by atoms with Crippen LogP contribution in [0.1, 0.15) is 33.5 Å². The zero-order valence-corrected chi connectivity index (χ0v) is 14.9. The number of aromatic amines is 1. The Balaban J connectivity index is 1.34. The largest absolute Gasteiger partial charge is 0.341 e. The maximum atomic E-state index is 12.8. The number of hydrogen-bond donors (Lipinski definition) is 1. The third-order valence-electron chi connectivity index (χ3n) is 5.02. The van der Waals surface area contributed by atoms with Crippen LogP contribution in [0.3, 0.4) is 0 Å². The molecular weight excluding hydrogens is 344 g/mol. The van der Waals surface area contributed by atoms with E-state index in [1.54, 1.807) is 11.3 Å². The van der Waals surface area contributed by atoms with Crippen molar-refractivity contribution < 1.29 is 4.79 Å². The summed E-state index contributed by atoms with van der Waals surface area (Å²) in [5.74, 6) is 0.00881. The van der Waals surface area contributed by atoms with E-state index in [0.717, 1.165) is 18.7 Å². The Morgan fingerprint density at radius 3 is 2.96 bits per heavy atom. The number of aromatic nitrogens is 3. The van der Waals surface area contributed by atoms with E-state index in [2.05, 4.69) is 50.6 Å². The van der Waals surface area contributed by atoms with E-state index in [4.69, 9.17) is 0 Å². The van der Waals surface area contributed by atoms with Crippen molar-refractivity contribution in [1.82, 2.24) is 19.7 Å². The second-order valence-electron chi connectivity index (χ2n) is 6.60. The Morgan fingerprint density at radius 1 is 1.23 bits per heavy atom. The van der Waals surface area contributed by atoms with Crippen molar-refractivity contribution in [3.05, 3.63) is 76.4 Å². The van der Waals surface area contributed by atoms with Gasteiger partial charge in [0.25, 0.3) is 5.91 Å². The lowest BCUT2D eigenvalue weighted by Gasteiger charge is -2.40. The predicted molar refractivity (Wildman–Crippen MR) is 102 cm³/mol. The molecule has 0 aliphatic carbocycles. The fourth-order valence-electron chi connectivity index (χ4n) is 3.57. The number of nitrogens with zero attached hydrogens (tertiary/aromatic N) is 3. The number of carbonyl (C=O) groups is 1. The van der Waals surface area contributed by atoms with Crippen molar-refractivity contribution in [1.29, 1.82) is 0 Å². The second kappa shape index (κ2) is 6.14. The van der Waals surface area contributed by atoms with Gasteiger partial charge in [0.1, 0.15) is 5.69 Å². The maximum absolute atomic E-state index is 12.8. The molecule has 5 nitrogen and oxygen atoms in total. The molecule has 0 radical (unpaired) electrons. The quantitative estimate of drug-likeness (QED) is 0.595. The van der Waals surface area contributed by atoms with Gasteiger partial charge >= 0.3 is 0 Å². The molecule has 1 aliphatic rings. The lowest BCUT2D eigenvalue weighted by Crippen LogP contribution is -2.44. The van der Waals surface area contributed by atoms with Gasteiger partial charge in [-0.25, -0.2) is 0 Å². The van der Waals surface area contributed by atoms with Gasteiger partial charge in [0.2, 0.25) is 0 Å². The molecule has 0 spiro atoms. The number of carbonyl (C=O) groups excluding carboxylic acids is 1. The number of hydrogen-bond acceptors (Lipinski definition) is 3. The van der Waals surface area contributed by atoms with Gasteiger partial charge in [-0.1, -0.05) is 24.3 Å². The molecule has 1 N–H and O–H groups in total. The Hall–Kier alpha value is -2.86. The Morgan fingerprint density at radius 2 is 2.15 bits per heavy atom. The highest BCUT2D eigenvalue weighted by molar-refractivity contribution is 7.10. The van der Waals surface area contributed by atoms with Gasteiger partial charge < -0.3 is 9.47 Å². The summed E-state index contributed by atoms with van der Waals surface area (Å²) < 4.78 is 2.16. The molecule has 0 saturated carbocycles. The van der Waals surface area contributed by atoms with Crippen LogP contribution < -0.4 is 0 Å². The first kappa shape index (κ1) is 15.4. The van der Waals surface area contributed by atoms with Crippen molar-refractivity contribution in [3.63, 3.8) is 0 Å². The van der Waals surface area contributed by atoms with Crippen LogP contribution in [0.2, 0.25) is 0 Å². The number of rotatable bonds is 4. The van der Waals surface area contributed by atoms with Gasteiger partial charge in [-0.15, -0.1) is 11.3 Å². The Bertz CT molecular complexity index is 1060. The van der Waals surface area contributed by atoms with Crippen LogP contribution >= 0.6 is 11.3 Å². The van der Waals surface area contributed by atoms with Crippen molar-refractivity contribution in [2.24, 2.45) is 0 Å². The summed E-state index contributed by atoms with van der Waals surface area (Å²) in [6.45, 7) is 1.47. The molecule has 26 heavy (non-hydrogen) atoms. The van der Waals surface area contributed by atoms with Gasteiger partial charge in [-0.3, -0.25) is 9.89 Å². The molecule has 3 aromatic heterocycles. The fraction of sp³-hybridized carbons (Fsp3) is 0.200. The Labute approximate surface area is 154 Å². The average molecular weight is 362 g/mol.